The number of hydrogen-bond acceptors (Lipinski definition) is 2. The van der Waals surface area contributed by atoms with Crippen LogP contribution in [0.1, 0.15) is 27.2 Å². The van der Waals surface area contributed by atoms with E-state index in [1.165, 1.54) is 0 Å². The van der Waals surface area contributed by atoms with Gasteiger partial charge >= 0.3 is 0 Å². The number of carbonyl (C=O) groups is 1. The molecule has 1 heterocycles. The summed E-state index contributed by atoms with van der Waals surface area (Å²) >= 11 is 3.44. The fourth-order valence-corrected chi connectivity index (χ4v) is 1.78. The Labute approximate surface area is 100 Å². The molecule has 1 saturated heterocycles. The van der Waals surface area contributed by atoms with E-state index in [9.17, 15) is 4.79 Å². The Morgan fingerprint density at radius 2 is 2.27 bits per heavy atom. The van der Waals surface area contributed by atoms with Crippen molar-refractivity contribution >= 4 is 21.8 Å². The first-order valence-electron chi connectivity index (χ1n) is 5.41. The fraction of sp³-hybridized carbons (Fsp3) is 0.909. The van der Waals surface area contributed by atoms with E-state index in [1.54, 1.807) is 0 Å². The Morgan fingerprint density at radius 3 is 2.73 bits per heavy atom. The van der Waals surface area contributed by atoms with Crippen molar-refractivity contribution in [1.29, 1.82) is 0 Å². The lowest BCUT2D eigenvalue weighted by molar-refractivity contribution is -0.126. The lowest BCUT2D eigenvalue weighted by atomic mass is 9.95. The summed E-state index contributed by atoms with van der Waals surface area (Å²) in [5.74, 6) is 0.171. The highest BCUT2D eigenvalue weighted by atomic mass is 79.9. The average molecular weight is 278 g/mol. The Morgan fingerprint density at radius 1 is 1.60 bits per heavy atom. The summed E-state index contributed by atoms with van der Waals surface area (Å²) in [5, 5.41) is 3.88. The highest BCUT2D eigenvalue weighted by molar-refractivity contribution is 9.09. The van der Waals surface area contributed by atoms with Crippen LogP contribution in [0.5, 0.6) is 0 Å². The van der Waals surface area contributed by atoms with E-state index in [4.69, 9.17) is 4.74 Å². The molecule has 1 fully saturated rings. The van der Waals surface area contributed by atoms with Gasteiger partial charge < -0.3 is 10.1 Å². The third-order valence-electron chi connectivity index (χ3n) is 2.82. The van der Waals surface area contributed by atoms with Crippen LogP contribution in [0.25, 0.3) is 0 Å². The molecule has 1 amide bonds. The number of ether oxygens (including phenoxy) is 1. The standard InChI is InChI=1S/C11H20BrNO2/c1-8-9(4-5-15-8)10(14)13-7-11(2,3)6-12/h8-9H,4-7H2,1-3H3,(H,13,14). The lowest BCUT2D eigenvalue weighted by Crippen LogP contribution is -2.40. The number of nitrogens with one attached hydrogen (secondary N) is 1. The van der Waals surface area contributed by atoms with Crippen molar-refractivity contribution in [2.24, 2.45) is 11.3 Å². The van der Waals surface area contributed by atoms with Gasteiger partial charge in [-0.15, -0.1) is 0 Å². The molecule has 15 heavy (non-hydrogen) atoms. The van der Waals surface area contributed by atoms with Crippen molar-refractivity contribution in [3.8, 4) is 0 Å². The highest BCUT2D eigenvalue weighted by Crippen LogP contribution is 2.21. The first-order chi connectivity index (χ1) is 6.96. The molecule has 0 aromatic heterocycles. The van der Waals surface area contributed by atoms with E-state index in [0.29, 0.717) is 13.2 Å². The van der Waals surface area contributed by atoms with Gasteiger partial charge in [-0.25, -0.2) is 0 Å². The second-order valence-corrected chi connectivity index (χ2v) is 5.55. The van der Waals surface area contributed by atoms with Crippen LogP contribution >= 0.6 is 15.9 Å². The molecule has 1 aliphatic heterocycles. The second-order valence-electron chi connectivity index (χ2n) is 4.99. The fourth-order valence-electron chi connectivity index (χ4n) is 1.58. The van der Waals surface area contributed by atoms with Gasteiger partial charge in [0.1, 0.15) is 0 Å². The predicted octanol–water partition coefficient (Wildman–Crippen LogP) is 1.95. The van der Waals surface area contributed by atoms with Crippen LogP contribution in [-0.4, -0.2) is 30.5 Å². The van der Waals surface area contributed by atoms with E-state index in [0.717, 1.165) is 11.8 Å². The zero-order valence-electron chi connectivity index (χ0n) is 9.68. The molecule has 0 aromatic carbocycles. The van der Waals surface area contributed by atoms with E-state index >= 15 is 0 Å². The number of amides is 1. The molecule has 0 radical (unpaired) electrons. The summed E-state index contributed by atoms with van der Waals surface area (Å²) in [6.07, 6.45) is 0.916. The predicted molar refractivity (Wildman–Crippen MR) is 64.1 cm³/mol. The molecule has 2 unspecified atom stereocenters. The summed E-state index contributed by atoms with van der Waals surface area (Å²) in [7, 11) is 0. The van der Waals surface area contributed by atoms with Gasteiger partial charge in [0.2, 0.25) is 5.91 Å². The monoisotopic (exact) mass is 277 g/mol. The molecular weight excluding hydrogens is 258 g/mol. The summed E-state index contributed by atoms with van der Waals surface area (Å²) in [5.41, 5.74) is 0.109. The summed E-state index contributed by atoms with van der Waals surface area (Å²) in [6.45, 7) is 7.63. The van der Waals surface area contributed by atoms with Crippen LogP contribution in [0.3, 0.4) is 0 Å². The molecular formula is C11H20BrNO2. The van der Waals surface area contributed by atoms with E-state index in [-0.39, 0.29) is 23.3 Å². The SMILES string of the molecule is CC1OCCC1C(=O)NCC(C)(C)CBr. The van der Waals surface area contributed by atoms with Crippen molar-refractivity contribution in [3.05, 3.63) is 0 Å². The summed E-state index contributed by atoms with van der Waals surface area (Å²) in [4.78, 5) is 11.8. The maximum absolute atomic E-state index is 11.8. The largest absolute Gasteiger partial charge is 0.378 e. The number of hydrogen-bond donors (Lipinski definition) is 1. The molecule has 0 saturated carbocycles. The Kier molecular flexibility index (Phi) is 4.59. The van der Waals surface area contributed by atoms with Gasteiger partial charge in [0.05, 0.1) is 12.0 Å². The molecule has 0 aromatic rings. The Hall–Kier alpha value is -0.0900. The number of halogens is 1. The normalized spacial score (nSPS) is 26.7. The van der Waals surface area contributed by atoms with Gasteiger partial charge in [0.25, 0.3) is 0 Å². The molecule has 0 spiro atoms. The molecule has 3 nitrogen and oxygen atoms in total. The zero-order chi connectivity index (χ0) is 11.5. The van der Waals surface area contributed by atoms with Gasteiger partial charge in [-0.05, 0) is 18.8 Å². The number of carbonyl (C=O) groups excluding carboxylic acids is 1. The van der Waals surface area contributed by atoms with Crippen LogP contribution in [0.15, 0.2) is 0 Å². The van der Waals surface area contributed by atoms with Crippen molar-refractivity contribution < 1.29 is 9.53 Å². The van der Waals surface area contributed by atoms with Crippen LogP contribution in [-0.2, 0) is 9.53 Å². The molecule has 0 bridgehead atoms. The molecule has 4 heteroatoms. The van der Waals surface area contributed by atoms with Gasteiger partial charge in [0, 0.05) is 18.5 Å². The first kappa shape index (κ1) is 13.0. The van der Waals surface area contributed by atoms with Crippen LogP contribution in [0, 0.1) is 11.3 Å². The Bertz CT molecular complexity index is 231. The molecule has 1 N–H and O–H groups in total. The quantitative estimate of drug-likeness (QED) is 0.798. The number of alkyl halides is 1. The highest BCUT2D eigenvalue weighted by Gasteiger charge is 2.31. The molecule has 2 atom stereocenters. The van der Waals surface area contributed by atoms with Gasteiger partial charge in [-0.2, -0.15) is 0 Å². The van der Waals surface area contributed by atoms with E-state index in [2.05, 4.69) is 35.1 Å². The average Bonchev–Trinajstić information content (AvgIpc) is 2.61. The van der Waals surface area contributed by atoms with Crippen molar-refractivity contribution in [2.75, 3.05) is 18.5 Å². The van der Waals surface area contributed by atoms with Gasteiger partial charge in [0.15, 0.2) is 0 Å². The van der Waals surface area contributed by atoms with Crippen LogP contribution in [0.2, 0.25) is 0 Å². The van der Waals surface area contributed by atoms with Crippen molar-refractivity contribution in [3.63, 3.8) is 0 Å². The second kappa shape index (κ2) is 5.30. The van der Waals surface area contributed by atoms with E-state index < -0.39 is 0 Å². The smallest absolute Gasteiger partial charge is 0.225 e. The topological polar surface area (TPSA) is 38.3 Å². The maximum Gasteiger partial charge on any atom is 0.225 e. The minimum Gasteiger partial charge on any atom is -0.378 e. The molecule has 1 rings (SSSR count). The third-order valence-corrected chi connectivity index (χ3v) is 4.33. The van der Waals surface area contributed by atoms with Gasteiger partial charge in [-0.1, -0.05) is 29.8 Å². The molecule has 88 valence electrons. The lowest BCUT2D eigenvalue weighted by Gasteiger charge is -2.23. The molecule has 1 aliphatic rings. The summed E-state index contributed by atoms with van der Waals surface area (Å²) < 4.78 is 5.37. The Balaban J connectivity index is 2.36. The minimum atomic E-state index is 0.0381. The maximum atomic E-state index is 11.8. The summed E-state index contributed by atoms with van der Waals surface area (Å²) in [6, 6.07) is 0. The minimum absolute atomic E-state index is 0.0381. The first-order valence-corrected chi connectivity index (χ1v) is 6.54. The zero-order valence-corrected chi connectivity index (χ0v) is 11.3. The van der Waals surface area contributed by atoms with Gasteiger partial charge in [-0.3, -0.25) is 4.79 Å². The van der Waals surface area contributed by atoms with E-state index in [1.807, 2.05) is 6.92 Å². The van der Waals surface area contributed by atoms with Crippen LogP contribution < -0.4 is 5.32 Å². The molecule has 0 aliphatic carbocycles. The van der Waals surface area contributed by atoms with Crippen molar-refractivity contribution in [2.45, 2.75) is 33.3 Å². The van der Waals surface area contributed by atoms with Crippen molar-refractivity contribution in [1.82, 2.24) is 5.32 Å². The van der Waals surface area contributed by atoms with Crippen LogP contribution in [0.4, 0.5) is 0 Å². The number of rotatable bonds is 4. The third kappa shape index (κ3) is 3.76.